The van der Waals surface area contributed by atoms with Crippen LogP contribution in [0.25, 0.3) is 11.3 Å². The average Bonchev–Trinajstić information content (AvgIpc) is 2.99. The minimum atomic E-state index is -0.537. The second kappa shape index (κ2) is 6.79. The highest BCUT2D eigenvalue weighted by Crippen LogP contribution is 2.23. The van der Waals surface area contributed by atoms with Crippen LogP contribution in [0.3, 0.4) is 0 Å². The van der Waals surface area contributed by atoms with Crippen LogP contribution in [0.15, 0.2) is 66.9 Å². The van der Waals surface area contributed by atoms with Crippen molar-refractivity contribution < 1.29 is 9.53 Å². The van der Waals surface area contributed by atoms with Gasteiger partial charge in [0.05, 0.1) is 12.2 Å². The molecule has 3 rings (SSSR count). The molecule has 5 nitrogen and oxygen atoms in total. The van der Waals surface area contributed by atoms with E-state index in [0.717, 1.165) is 16.8 Å². The first-order chi connectivity index (χ1) is 11.3. The Morgan fingerprint density at radius 1 is 1.09 bits per heavy atom. The van der Waals surface area contributed by atoms with Crippen LogP contribution < -0.4 is 10.1 Å². The number of carbonyl (C=O) groups is 1. The van der Waals surface area contributed by atoms with Crippen LogP contribution in [-0.4, -0.2) is 22.7 Å². The number of hydrogen-bond acceptors (Lipinski definition) is 3. The lowest BCUT2D eigenvalue weighted by molar-refractivity contribution is 0.197. The van der Waals surface area contributed by atoms with Crippen molar-refractivity contribution in [1.29, 1.82) is 0 Å². The van der Waals surface area contributed by atoms with E-state index < -0.39 is 6.09 Å². The first kappa shape index (κ1) is 14.8. The third-order valence-corrected chi connectivity index (χ3v) is 3.39. The van der Waals surface area contributed by atoms with E-state index in [-0.39, 0.29) is 6.01 Å². The third kappa shape index (κ3) is 3.58. The van der Waals surface area contributed by atoms with Gasteiger partial charge in [-0.25, -0.2) is 4.79 Å². The van der Waals surface area contributed by atoms with E-state index in [1.54, 1.807) is 0 Å². The Hall–Kier alpha value is -3.08. The van der Waals surface area contributed by atoms with Gasteiger partial charge in [0.25, 0.3) is 0 Å². The fraction of sp³-hybridized carbons (Fsp3) is 0.111. The largest absolute Gasteiger partial charge is 0.414 e. The molecule has 5 heteroatoms. The Labute approximate surface area is 134 Å². The molecule has 23 heavy (non-hydrogen) atoms. The maximum absolute atomic E-state index is 11.5. The van der Waals surface area contributed by atoms with Crippen LogP contribution >= 0.6 is 0 Å². The standard InChI is InChI=1S/C18H17N3O2/c1-19-18(22)23-17-20-16(15-10-6-3-7-11-15)13-21(17)12-14-8-4-2-5-9-14/h2-11,13H,12H2,1H3,(H,19,22). The smallest absolute Gasteiger partial charge is 0.375 e. The number of amides is 1. The Balaban J connectivity index is 1.95. The summed E-state index contributed by atoms with van der Waals surface area (Å²) in [5.74, 6) is 0. The predicted molar refractivity (Wildman–Crippen MR) is 88.3 cm³/mol. The number of benzene rings is 2. The molecule has 116 valence electrons. The van der Waals surface area contributed by atoms with Crippen molar-refractivity contribution in [2.75, 3.05) is 7.05 Å². The summed E-state index contributed by atoms with van der Waals surface area (Å²) in [6.45, 7) is 0.576. The molecule has 0 atom stereocenters. The summed E-state index contributed by atoms with van der Waals surface area (Å²) in [5, 5.41) is 2.44. The lowest BCUT2D eigenvalue weighted by atomic mass is 10.2. The highest BCUT2D eigenvalue weighted by molar-refractivity contribution is 5.69. The lowest BCUT2D eigenvalue weighted by Gasteiger charge is -2.07. The fourth-order valence-corrected chi connectivity index (χ4v) is 2.26. The zero-order chi connectivity index (χ0) is 16.1. The summed E-state index contributed by atoms with van der Waals surface area (Å²) < 4.78 is 7.10. The molecule has 0 aliphatic carbocycles. The van der Waals surface area contributed by atoms with E-state index in [1.807, 2.05) is 71.4 Å². The van der Waals surface area contributed by atoms with Gasteiger partial charge in [-0.2, -0.15) is 4.98 Å². The molecule has 0 radical (unpaired) electrons. The van der Waals surface area contributed by atoms with Crippen molar-refractivity contribution in [2.24, 2.45) is 0 Å². The highest BCUT2D eigenvalue weighted by atomic mass is 16.6. The second-order valence-corrected chi connectivity index (χ2v) is 5.03. The summed E-state index contributed by atoms with van der Waals surface area (Å²) in [5.41, 5.74) is 2.84. The van der Waals surface area contributed by atoms with Gasteiger partial charge in [-0.05, 0) is 5.56 Å². The number of rotatable bonds is 4. The zero-order valence-corrected chi connectivity index (χ0v) is 12.8. The van der Waals surface area contributed by atoms with E-state index in [9.17, 15) is 4.79 Å². The molecule has 2 aromatic carbocycles. The topological polar surface area (TPSA) is 56.1 Å². The minimum absolute atomic E-state index is 0.270. The van der Waals surface area contributed by atoms with Gasteiger partial charge in [-0.3, -0.25) is 4.57 Å². The molecule has 1 aromatic heterocycles. The van der Waals surface area contributed by atoms with Gasteiger partial charge >= 0.3 is 12.1 Å². The number of carbonyl (C=O) groups excluding carboxylic acids is 1. The number of nitrogens with zero attached hydrogens (tertiary/aromatic N) is 2. The van der Waals surface area contributed by atoms with Crippen LogP contribution in [-0.2, 0) is 6.54 Å². The van der Waals surface area contributed by atoms with Gasteiger partial charge in [0.1, 0.15) is 0 Å². The van der Waals surface area contributed by atoms with Crippen LogP contribution in [0.4, 0.5) is 4.79 Å². The van der Waals surface area contributed by atoms with Gasteiger partial charge in [0, 0.05) is 18.8 Å². The molecule has 0 spiro atoms. The first-order valence-corrected chi connectivity index (χ1v) is 7.32. The molecule has 0 fully saturated rings. The van der Waals surface area contributed by atoms with Crippen molar-refractivity contribution in [3.8, 4) is 17.3 Å². The Morgan fingerprint density at radius 3 is 2.39 bits per heavy atom. The monoisotopic (exact) mass is 307 g/mol. The summed E-state index contributed by atoms with van der Waals surface area (Å²) in [7, 11) is 1.52. The van der Waals surface area contributed by atoms with E-state index >= 15 is 0 Å². The normalized spacial score (nSPS) is 10.3. The second-order valence-electron chi connectivity index (χ2n) is 5.03. The predicted octanol–water partition coefficient (Wildman–Crippen LogP) is 3.32. The van der Waals surface area contributed by atoms with Crippen molar-refractivity contribution in [2.45, 2.75) is 6.54 Å². The number of aromatic nitrogens is 2. The van der Waals surface area contributed by atoms with Crippen LogP contribution in [0.2, 0.25) is 0 Å². The van der Waals surface area contributed by atoms with Crippen molar-refractivity contribution >= 4 is 6.09 Å². The van der Waals surface area contributed by atoms with Crippen LogP contribution in [0, 0.1) is 0 Å². The van der Waals surface area contributed by atoms with Gasteiger partial charge in [0.15, 0.2) is 0 Å². The lowest BCUT2D eigenvalue weighted by Crippen LogP contribution is -2.23. The van der Waals surface area contributed by atoms with Crippen molar-refractivity contribution in [1.82, 2.24) is 14.9 Å². The van der Waals surface area contributed by atoms with Crippen molar-refractivity contribution in [3.05, 3.63) is 72.4 Å². The number of nitrogens with one attached hydrogen (secondary N) is 1. The summed E-state index contributed by atoms with van der Waals surface area (Å²) >= 11 is 0. The highest BCUT2D eigenvalue weighted by Gasteiger charge is 2.14. The Bertz CT molecular complexity index is 783. The van der Waals surface area contributed by atoms with E-state index in [1.165, 1.54) is 7.05 Å². The molecule has 0 saturated carbocycles. The summed E-state index contributed by atoms with van der Waals surface area (Å²) in [4.78, 5) is 16.0. The number of imidazole rings is 1. The SMILES string of the molecule is CNC(=O)Oc1nc(-c2ccccc2)cn1Cc1ccccc1. The molecule has 1 N–H and O–H groups in total. The molecule has 0 unspecified atom stereocenters. The Morgan fingerprint density at radius 2 is 1.74 bits per heavy atom. The van der Waals surface area contributed by atoms with Gasteiger partial charge in [0.2, 0.25) is 0 Å². The van der Waals surface area contributed by atoms with E-state index in [4.69, 9.17) is 4.74 Å². The van der Waals surface area contributed by atoms with Crippen LogP contribution in [0.5, 0.6) is 6.01 Å². The van der Waals surface area contributed by atoms with Gasteiger partial charge in [-0.15, -0.1) is 0 Å². The van der Waals surface area contributed by atoms with Gasteiger partial charge < -0.3 is 10.1 Å². The zero-order valence-electron chi connectivity index (χ0n) is 12.8. The molecule has 0 aliphatic heterocycles. The molecule has 0 aliphatic rings. The maximum Gasteiger partial charge on any atom is 0.414 e. The molecular formula is C18H17N3O2. The third-order valence-electron chi connectivity index (χ3n) is 3.39. The fourth-order valence-electron chi connectivity index (χ4n) is 2.26. The maximum atomic E-state index is 11.5. The van der Waals surface area contributed by atoms with E-state index in [2.05, 4.69) is 10.3 Å². The molecule has 0 bridgehead atoms. The Kier molecular flexibility index (Phi) is 4.38. The van der Waals surface area contributed by atoms with Gasteiger partial charge in [-0.1, -0.05) is 60.7 Å². The first-order valence-electron chi connectivity index (χ1n) is 7.32. The quantitative estimate of drug-likeness (QED) is 0.804. The molecule has 1 amide bonds. The molecular weight excluding hydrogens is 290 g/mol. The van der Waals surface area contributed by atoms with E-state index in [0.29, 0.717) is 6.54 Å². The summed E-state index contributed by atoms with van der Waals surface area (Å²) in [6, 6.07) is 20.0. The van der Waals surface area contributed by atoms with Crippen LogP contribution in [0.1, 0.15) is 5.56 Å². The van der Waals surface area contributed by atoms with Crippen molar-refractivity contribution in [3.63, 3.8) is 0 Å². The molecule has 1 heterocycles. The minimum Gasteiger partial charge on any atom is -0.375 e. The average molecular weight is 307 g/mol. The summed E-state index contributed by atoms with van der Waals surface area (Å²) in [6.07, 6.45) is 1.35. The molecule has 0 saturated heterocycles. The number of hydrogen-bond donors (Lipinski definition) is 1. The number of ether oxygens (including phenoxy) is 1. The molecule has 3 aromatic rings.